The lowest BCUT2D eigenvalue weighted by Crippen LogP contribution is -2.44. The monoisotopic (exact) mass is 599 g/mol. The van der Waals surface area contributed by atoms with Crippen molar-refractivity contribution >= 4 is 35.1 Å². The molecule has 0 aliphatic carbocycles. The highest BCUT2D eigenvalue weighted by Gasteiger charge is 2.33. The third-order valence-corrected chi connectivity index (χ3v) is 6.07. The minimum atomic E-state index is -0.920. The lowest BCUT2D eigenvalue weighted by molar-refractivity contribution is 0.0428. The van der Waals surface area contributed by atoms with E-state index >= 15 is 0 Å². The summed E-state index contributed by atoms with van der Waals surface area (Å²) in [6.07, 6.45) is 0.415. The van der Waals surface area contributed by atoms with Crippen LogP contribution in [0.1, 0.15) is 83.3 Å². The molecule has 4 aromatic rings. The summed E-state index contributed by atoms with van der Waals surface area (Å²) < 4.78 is 10.6. The van der Waals surface area contributed by atoms with Crippen LogP contribution in [-0.2, 0) is 9.47 Å². The van der Waals surface area contributed by atoms with Gasteiger partial charge in [0, 0.05) is 11.1 Å². The molecule has 1 heterocycles. The first-order valence-electron chi connectivity index (χ1n) is 14.5. The number of benzene rings is 3. The average molecular weight is 600 g/mol. The number of hydrogen-bond donors (Lipinski definition) is 1. The Labute approximate surface area is 258 Å². The fraction of sp³-hybridized carbons (Fsp3) is 0.343. The summed E-state index contributed by atoms with van der Waals surface area (Å²) in [5, 5.41) is 20.4. The molecule has 1 N–H and O–H groups in total. The van der Waals surface area contributed by atoms with Crippen LogP contribution in [0, 0.1) is 0 Å². The number of nitrogens with zero attached hydrogens (tertiary/aromatic N) is 3. The fourth-order valence-electron chi connectivity index (χ4n) is 4.10. The normalized spacial score (nSPS) is 12.0. The van der Waals surface area contributed by atoms with Crippen LogP contribution in [0.2, 0.25) is 0 Å². The fourth-order valence-corrected chi connectivity index (χ4v) is 4.10. The van der Waals surface area contributed by atoms with Gasteiger partial charge < -0.3 is 14.6 Å². The molecule has 44 heavy (non-hydrogen) atoms. The Morgan fingerprint density at radius 1 is 0.818 bits per heavy atom. The summed E-state index contributed by atoms with van der Waals surface area (Å²) in [6, 6.07) is 24.3. The van der Waals surface area contributed by atoms with Crippen molar-refractivity contribution in [1.29, 1.82) is 0 Å². The zero-order valence-corrected chi connectivity index (χ0v) is 26.4. The number of aliphatic hydroxyl groups is 1. The van der Waals surface area contributed by atoms with E-state index in [4.69, 9.17) is 9.47 Å². The van der Waals surface area contributed by atoms with Crippen LogP contribution >= 0.6 is 0 Å². The number of aliphatic hydroxyl groups excluding tert-OH is 1. The second-order valence-electron chi connectivity index (χ2n) is 12.2. The largest absolute Gasteiger partial charge is 0.443 e. The van der Waals surface area contributed by atoms with E-state index < -0.39 is 23.4 Å². The lowest BCUT2D eigenvalue weighted by Gasteiger charge is -2.27. The zero-order valence-electron chi connectivity index (χ0n) is 26.4. The molecule has 9 nitrogen and oxygen atoms in total. The van der Waals surface area contributed by atoms with Gasteiger partial charge in [0.1, 0.15) is 17.5 Å². The molecule has 0 aliphatic rings. The zero-order chi connectivity index (χ0) is 32.5. The first kappa shape index (κ1) is 33.9. The van der Waals surface area contributed by atoms with Crippen molar-refractivity contribution < 1.29 is 29.0 Å². The molecule has 1 aromatic heterocycles. The number of amides is 2. The van der Waals surface area contributed by atoms with Crippen LogP contribution in [0.3, 0.4) is 0 Å². The molecule has 0 saturated carbocycles. The molecular formula is C35H41N3O6. The highest BCUT2D eigenvalue weighted by molar-refractivity contribution is 6.08. The minimum absolute atomic E-state index is 0.0382. The number of carbonyl (C=O) groups is 3. The standard InChI is InChI=1S/C21H25N3O5.C14H16O/c1-20(2,3)28-18(26)24(19(27)29-21(4,5)6)17-11-10-16(22-23-17)15-9-7-8-14(12-15)13-25;1-2-5-14(15)13-9-8-11-6-3-4-7-12(11)10-13/h7-13H,1-6H3;3-4,6-10,14-15H,2,5H2,1H3. The SMILES string of the molecule is CC(C)(C)OC(=O)N(C(=O)OC(C)(C)C)c1ccc(-c2cccc(C=O)c2)nn1.CCCC(O)c1ccc2ccccc2c1. The predicted molar refractivity (Wildman–Crippen MR) is 172 cm³/mol. The second kappa shape index (κ2) is 14.7. The molecule has 0 aliphatic heterocycles. The van der Waals surface area contributed by atoms with E-state index in [9.17, 15) is 19.5 Å². The van der Waals surface area contributed by atoms with E-state index in [1.54, 1.807) is 71.9 Å². The van der Waals surface area contributed by atoms with E-state index in [0.717, 1.165) is 24.7 Å². The van der Waals surface area contributed by atoms with Gasteiger partial charge in [0.05, 0.1) is 11.8 Å². The maximum atomic E-state index is 12.6. The van der Waals surface area contributed by atoms with Gasteiger partial charge in [0.2, 0.25) is 0 Å². The highest BCUT2D eigenvalue weighted by Crippen LogP contribution is 2.24. The molecule has 1 atom stereocenters. The van der Waals surface area contributed by atoms with Gasteiger partial charge in [-0.2, -0.15) is 4.90 Å². The van der Waals surface area contributed by atoms with Crippen molar-refractivity contribution in [3.63, 3.8) is 0 Å². The van der Waals surface area contributed by atoms with Crippen LogP contribution in [0.5, 0.6) is 0 Å². The number of aldehydes is 1. The van der Waals surface area contributed by atoms with Crippen molar-refractivity contribution in [3.05, 3.63) is 90.0 Å². The van der Waals surface area contributed by atoms with E-state index in [-0.39, 0.29) is 11.9 Å². The number of ether oxygens (including phenoxy) is 2. The second-order valence-corrected chi connectivity index (χ2v) is 12.2. The van der Waals surface area contributed by atoms with Crippen LogP contribution in [0.25, 0.3) is 22.0 Å². The molecule has 0 fully saturated rings. The van der Waals surface area contributed by atoms with Gasteiger partial charge in [0.15, 0.2) is 5.82 Å². The van der Waals surface area contributed by atoms with Gasteiger partial charge in [-0.1, -0.05) is 67.9 Å². The van der Waals surface area contributed by atoms with Crippen LogP contribution in [-0.4, -0.2) is 45.0 Å². The molecule has 4 rings (SSSR count). The van der Waals surface area contributed by atoms with Crippen molar-refractivity contribution in [2.75, 3.05) is 4.90 Å². The van der Waals surface area contributed by atoms with Crippen molar-refractivity contribution in [3.8, 4) is 11.3 Å². The Hall–Kier alpha value is -4.63. The number of carbonyl (C=O) groups excluding carboxylic acids is 3. The summed E-state index contributed by atoms with van der Waals surface area (Å²) in [7, 11) is 0. The summed E-state index contributed by atoms with van der Waals surface area (Å²) in [4.78, 5) is 36.9. The first-order chi connectivity index (χ1) is 20.7. The first-order valence-corrected chi connectivity index (χ1v) is 14.5. The third-order valence-electron chi connectivity index (χ3n) is 6.07. The van der Waals surface area contributed by atoms with E-state index in [2.05, 4.69) is 41.4 Å². The molecular weight excluding hydrogens is 558 g/mol. The Morgan fingerprint density at radius 2 is 1.45 bits per heavy atom. The molecule has 9 heteroatoms. The Morgan fingerprint density at radius 3 is 2.00 bits per heavy atom. The van der Waals surface area contributed by atoms with Gasteiger partial charge in [-0.15, -0.1) is 10.2 Å². The van der Waals surface area contributed by atoms with Crippen molar-refractivity contribution in [2.45, 2.75) is 78.6 Å². The van der Waals surface area contributed by atoms with Crippen molar-refractivity contribution in [2.24, 2.45) is 0 Å². The summed E-state index contributed by atoms with van der Waals surface area (Å²) in [5.41, 5.74) is 1.04. The van der Waals surface area contributed by atoms with Crippen LogP contribution in [0.15, 0.2) is 78.9 Å². The number of hydrogen-bond acceptors (Lipinski definition) is 8. The van der Waals surface area contributed by atoms with Crippen molar-refractivity contribution in [1.82, 2.24) is 10.2 Å². The quantitative estimate of drug-likeness (QED) is 0.220. The molecule has 232 valence electrons. The topological polar surface area (TPSA) is 119 Å². The number of imide groups is 1. The Balaban J connectivity index is 0.000000293. The summed E-state index contributed by atoms with van der Waals surface area (Å²) in [5.74, 6) is -0.0382. The molecule has 0 saturated heterocycles. The highest BCUT2D eigenvalue weighted by atomic mass is 16.6. The number of fused-ring (bicyclic) bond motifs is 1. The van der Waals surface area contributed by atoms with E-state index in [1.807, 2.05) is 18.2 Å². The lowest BCUT2D eigenvalue weighted by atomic mass is 10.0. The van der Waals surface area contributed by atoms with Gasteiger partial charge in [0.25, 0.3) is 0 Å². The predicted octanol–water partition coefficient (Wildman–Crippen LogP) is 8.31. The van der Waals surface area contributed by atoms with E-state index in [1.165, 1.54) is 16.8 Å². The number of anilines is 1. The summed E-state index contributed by atoms with van der Waals surface area (Å²) >= 11 is 0. The van der Waals surface area contributed by atoms with Crippen LogP contribution in [0.4, 0.5) is 15.4 Å². The Bertz CT molecular complexity index is 1540. The molecule has 2 amide bonds. The van der Waals surface area contributed by atoms with Crippen LogP contribution < -0.4 is 4.90 Å². The molecule has 0 spiro atoms. The number of aromatic nitrogens is 2. The molecule has 0 radical (unpaired) electrons. The summed E-state index contributed by atoms with van der Waals surface area (Å²) in [6.45, 7) is 12.2. The van der Waals surface area contributed by atoms with Gasteiger partial charge >= 0.3 is 12.2 Å². The molecule has 3 aromatic carbocycles. The minimum Gasteiger partial charge on any atom is -0.443 e. The Kier molecular flexibility index (Phi) is 11.3. The molecule has 0 bridgehead atoms. The molecule has 1 unspecified atom stereocenters. The average Bonchev–Trinajstić information content (AvgIpc) is 2.96. The maximum Gasteiger partial charge on any atom is 0.425 e. The smallest absolute Gasteiger partial charge is 0.425 e. The van der Waals surface area contributed by atoms with Gasteiger partial charge in [-0.25, -0.2) is 9.59 Å². The van der Waals surface area contributed by atoms with Gasteiger partial charge in [-0.05, 0) is 88.6 Å². The third kappa shape index (κ3) is 9.98. The number of rotatable bonds is 6. The van der Waals surface area contributed by atoms with Gasteiger partial charge in [-0.3, -0.25) is 4.79 Å². The van der Waals surface area contributed by atoms with E-state index in [0.29, 0.717) is 21.7 Å². The maximum absolute atomic E-state index is 12.6.